The summed E-state index contributed by atoms with van der Waals surface area (Å²) in [6.07, 6.45) is 1.32. The number of allylic oxidation sites excluding steroid dienone is 1. The number of esters is 1. The number of aliphatic hydroxyl groups excluding tert-OH is 1. The van der Waals surface area contributed by atoms with Gasteiger partial charge in [0, 0.05) is 10.9 Å². The summed E-state index contributed by atoms with van der Waals surface area (Å²) in [4.78, 5) is 29.5. The molecule has 5 nitrogen and oxygen atoms in total. The lowest BCUT2D eigenvalue weighted by Crippen LogP contribution is -2.41. The molecule has 1 aliphatic carbocycles. The van der Waals surface area contributed by atoms with Crippen molar-refractivity contribution in [1.29, 1.82) is 0 Å². The number of benzene rings is 1. The molecule has 1 aromatic rings. The summed E-state index contributed by atoms with van der Waals surface area (Å²) < 4.78 is 5.79. The Morgan fingerprint density at radius 1 is 1.31 bits per heavy atom. The number of methoxy groups -OCH3 is 1. The van der Waals surface area contributed by atoms with Gasteiger partial charge in [0.15, 0.2) is 5.78 Å². The van der Waals surface area contributed by atoms with Crippen LogP contribution in [0.1, 0.15) is 40.0 Å². The van der Waals surface area contributed by atoms with Crippen LogP contribution in [0.15, 0.2) is 45.1 Å². The number of Topliss-reactive ketones (excluding diaryl/α,β-unsaturated/α-hetero) is 1. The molecule has 0 saturated heterocycles. The predicted octanol–water partition coefficient (Wildman–Crippen LogP) is 4.92. The van der Waals surface area contributed by atoms with Gasteiger partial charge in [-0.25, -0.2) is 0 Å². The molecule has 0 aliphatic heterocycles. The van der Waals surface area contributed by atoms with E-state index in [9.17, 15) is 14.7 Å². The van der Waals surface area contributed by atoms with Crippen molar-refractivity contribution in [2.24, 2.45) is 16.3 Å². The van der Waals surface area contributed by atoms with Crippen molar-refractivity contribution in [3.63, 3.8) is 0 Å². The number of nitrogens with zero attached hydrogens (tertiary/aromatic N) is 1. The van der Waals surface area contributed by atoms with E-state index in [1.54, 1.807) is 0 Å². The summed E-state index contributed by atoms with van der Waals surface area (Å²) in [5.41, 5.74) is 0.726. The van der Waals surface area contributed by atoms with Crippen molar-refractivity contribution in [3.05, 3.63) is 40.1 Å². The van der Waals surface area contributed by atoms with E-state index in [0.717, 1.165) is 4.47 Å². The third kappa shape index (κ3) is 4.23. The van der Waals surface area contributed by atoms with Gasteiger partial charge >= 0.3 is 5.97 Å². The van der Waals surface area contributed by atoms with E-state index >= 15 is 0 Å². The molecule has 1 atom stereocenters. The quantitative estimate of drug-likeness (QED) is 0.684. The molecule has 0 aromatic heterocycles. The Hall–Kier alpha value is -1.95. The van der Waals surface area contributed by atoms with Crippen LogP contribution in [0.25, 0.3) is 0 Å². The van der Waals surface area contributed by atoms with Crippen LogP contribution in [-0.2, 0) is 14.3 Å². The van der Waals surface area contributed by atoms with Gasteiger partial charge in [-0.15, -0.1) is 0 Å². The first-order valence-electron chi connectivity index (χ1n) is 8.59. The maximum absolute atomic E-state index is 12.7. The molecule has 140 valence electrons. The third-order valence-electron chi connectivity index (χ3n) is 4.51. The molecule has 0 spiro atoms. The molecule has 1 aromatic carbocycles. The fourth-order valence-electron chi connectivity index (χ4n) is 3.26. The third-order valence-corrected chi connectivity index (χ3v) is 5.03. The molecule has 0 unspecified atom stereocenters. The zero-order valence-electron chi connectivity index (χ0n) is 15.5. The second kappa shape index (κ2) is 8.16. The normalized spacial score (nSPS) is 21.0. The topological polar surface area (TPSA) is 76.0 Å². The Morgan fingerprint density at radius 2 is 1.92 bits per heavy atom. The lowest BCUT2D eigenvalue weighted by molar-refractivity contribution is -0.149. The first kappa shape index (κ1) is 20.4. The molecule has 0 heterocycles. The van der Waals surface area contributed by atoms with E-state index in [4.69, 9.17) is 4.74 Å². The summed E-state index contributed by atoms with van der Waals surface area (Å²) in [7, 11) is 1.28. The SMILES string of the molecule is CCCC(=O)C1=C(O)[C@@H](C(=O)OC)C(C)(C)CC1=Nc1ccc(Br)cc1. The molecular formula is C20H24BrNO4. The molecule has 0 radical (unpaired) electrons. The number of carbonyl (C=O) groups excluding carboxylic acids is 2. The van der Waals surface area contributed by atoms with Crippen molar-refractivity contribution in [1.82, 2.24) is 0 Å². The number of halogens is 1. The number of hydrogen-bond donors (Lipinski definition) is 1. The summed E-state index contributed by atoms with van der Waals surface area (Å²) in [5, 5.41) is 10.8. The van der Waals surface area contributed by atoms with E-state index in [0.29, 0.717) is 24.2 Å². The summed E-state index contributed by atoms with van der Waals surface area (Å²) >= 11 is 3.38. The number of aliphatic hydroxyl groups is 1. The first-order chi connectivity index (χ1) is 12.2. The van der Waals surface area contributed by atoms with Crippen LogP contribution in [0.3, 0.4) is 0 Å². The van der Waals surface area contributed by atoms with Crippen molar-refractivity contribution >= 4 is 39.1 Å². The van der Waals surface area contributed by atoms with Gasteiger partial charge in [0.25, 0.3) is 0 Å². The lowest BCUT2D eigenvalue weighted by Gasteiger charge is -2.37. The summed E-state index contributed by atoms with van der Waals surface area (Å²) in [5.74, 6) is -1.86. The van der Waals surface area contributed by atoms with Gasteiger partial charge in [-0.2, -0.15) is 0 Å². The fourth-order valence-corrected chi connectivity index (χ4v) is 3.52. The Bertz CT molecular complexity index is 763. The van der Waals surface area contributed by atoms with Crippen LogP contribution in [0, 0.1) is 11.3 Å². The van der Waals surface area contributed by atoms with Gasteiger partial charge in [0.2, 0.25) is 0 Å². The monoisotopic (exact) mass is 421 g/mol. The van der Waals surface area contributed by atoms with Crippen molar-refractivity contribution in [3.8, 4) is 0 Å². The van der Waals surface area contributed by atoms with Gasteiger partial charge in [0.05, 0.1) is 24.1 Å². The lowest BCUT2D eigenvalue weighted by atomic mass is 9.67. The van der Waals surface area contributed by atoms with Gasteiger partial charge in [-0.3, -0.25) is 14.6 Å². The number of ether oxygens (including phenoxy) is 1. The van der Waals surface area contributed by atoms with Crippen molar-refractivity contribution in [2.75, 3.05) is 7.11 Å². The van der Waals surface area contributed by atoms with Crippen LogP contribution < -0.4 is 0 Å². The molecule has 1 aliphatic rings. The van der Waals surface area contributed by atoms with Crippen LogP contribution in [0.2, 0.25) is 0 Å². The predicted molar refractivity (Wildman–Crippen MR) is 105 cm³/mol. The molecule has 1 N–H and O–H groups in total. The maximum Gasteiger partial charge on any atom is 0.316 e. The Kier molecular flexibility index (Phi) is 6.39. The van der Waals surface area contributed by atoms with Gasteiger partial charge in [-0.1, -0.05) is 36.7 Å². The molecule has 0 fully saturated rings. The number of hydrogen-bond acceptors (Lipinski definition) is 5. The van der Waals surface area contributed by atoms with E-state index in [-0.39, 0.29) is 23.5 Å². The minimum absolute atomic E-state index is 0.157. The standard InChI is InChI=1S/C20H24BrNO4/c1-5-6-15(23)16-14(22-13-9-7-12(21)8-10-13)11-20(2,3)17(18(16)24)19(25)26-4/h7-10,17,24H,5-6,11H2,1-4H3/t17-/m0/s1. The number of ketones is 1. The second-order valence-corrected chi connectivity index (χ2v) is 8.01. The van der Waals surface area contributed by atoms with Crippen molar-refractivity contribution < 1.29 is 19.4 Å². The minimum Gasteiger partial charge on any atom is -0.511 e. The van der Waals surface area contributed by atoms with Crippen molar-refractivity contribution in [2.45, 2.75) is 40.0 Å². The zero-order valence-corrected chi connectivity index (χ0v) is 17.1. The average Bonchev–Trinajstić information content (AvgIpc) is 2.56. The molecule has 26 heavy (non-hydrogen) atoms. The zero-order chi connectivity index (χ0) is 19.5. The Labute approximate surface area is 162 Å². The largest absolute Gasteiger partial charge is 0.511 e. The molecule has 0 bridgehead atoms. The highest BCUT2D eigenvalue weighted by Gasteiger charge is 2.47. The second-order valence-electron chi connectivity index (χ2n) is 7.09. The first-order valence-corrected chi connectivity index (χ1v) is 9.38. The summed E-state index contributed by atoms with van der Waals surface area (Å²) in [6.45, 7) is 5.62. The Morgan fingerprint density at radius 3 is 2.46 bits per heavy atom. The maximum atomic E-state index is 12.7. The number of aliphatic imine (C=N–C) groups is 1. The highest BCUT2D eigenvalue weighted by atomic mass is 79.9. The van der Waals surface area contributed by atoms with E-state index in [1.807, 2.05) is 45.0 Å². The van der Waals surface area contributed by atoms with Crippen LogP contribution in [0.4, 0.5) is 5.69 Å². The highest BCUT2D eigenvalue weighted by Crippen LogP contribution is 2.43. The van der Waals surface area contributed by atoms with E-state index in [2.05, 4.69) is 20.9 Å². The van der Waals surface area contributed by atoms with Crippen LogP contribution >= 0.6 is 15.9 Å². The van der Waals surface area contributed by atoms with Crippen LogP contribution in [-0.4, -0.2) is 29.7 Å². The molecule has 0 saturated carbocycles. The van der Waals surface area contributed by atoms with Gasteiger partial charge < -0.3 is 9.84 Å². The fraction of sp³-hybridized carbons (Fsp3) is 0.450. The smallest absolute Gasteiger partial charge is 0.316 e. The molecular weight excluding hydrogens is 398 g/mol. The van der Waals surface area contributed by atoms with Crippen LogP contribution in [0.5, 0.6) is 0 Å². The van der Waals surface area contributed by atoms with Gasteiger partial charge in [0.1, 0.15) is 11.7 Å². The number of rotatable bonds is 5. The minimum atomic E-state index is -0.882. The van der Waals surface area contributed by atoms with Gasteiger partial charge in [-0.05, 0) is 42.5 Å². The van der Waals surface area contributed by atoms with E-state index in [1.165, 1.54) is 7.11 Å². The Balaban J connectivity index is 2.62. The molecule has 6 heteroatoms. The molecule has 2 rings (SSSR count). The molecule has 0 amide bonds. The number of carbonyl (C=O) groups is 2. The average molecular weight is 422 g/mol. The summed E-state index contributed by atoms with van der Waals surface area (Å²) in [6, 6.07) is 7.38. The highest BCUT2D eigenvalue weighted by molar-refractivity contribution is 9.10. The van der Waals surface area contributed by atoms with E-state index < -0.39 is 17.3 Å².